The second-order valence-corrected chi connectivity index (χ2v) is 14.9. The van der Waals surface area contributed by atoms with Crippen molar-refractivity contribution in [1.29, 1.82) is 0 Å². The number of aromatic nitrogens is 10. The fraction of sp³-hybridized carbons (Fsp3) is 0.282. The number of nitrogen functional groups attached to an aromatic ring is 2. The Labute approximate surface area is 356 Å². The molecule has 2 aromatic carbocycles. The van der Waals surface area contributed by atoms with Crippen LogP contribution >= 0.6 is 0 Å². The lowest BCUT2D eigenvalue weighted by Gasteiger charge is -2.08. The molecule has 0 fully saturated rings. The lowest BCUT2D eigenvalue weighted by molar-refractivity contribution is 0.211. The molecule has 10 N–H and O–H groups in total. The minimum atomic E-state index is -3.57. The normalized spacial score (nSPS) is 11.0. The fourth-order valence-electron chi connectivity index (χ4n) is 5.42. The molecule has 0 bridgehead atoms. The molecule has 23 heteroatoms. The standard InChI is InChI=1S/C19H22N8O2.C10H16N2O.C9H8N6O3S.CH4/c1-28-12-10-21-14-6-4-13(5-7-14)8-9-22-18-24-17(20)27-19(25-18)23-16(26-27)15-3-2-11-29-15;11-6-5-9-1-3-10(4-2-9)12-7-8-13;1-19(16,17)9-12-7(10)15-8(13-9)11-6(14-15)5-3-2-4-18-5;/h2-7,11,21H,8-10,12H2,1H3,(H3,20,22,23,24,25,26);1-4,12-13H,5-8,11H2;2-4H,1H3,(H2,10,11,12,13,14);1H4. The van der Waals surface area contributed by atoms with Crippen molar-refractivity contribution in [2.24, 2.45) is 5.73 Å². The van der Waals surface area contributed by atoms with Gasteiger partial charge in [-0.25, -0.2) is 8.42 Å². The molecular formula is C39H50N16O6S. The van der Waals surface area contributed by atoms with Gasteiger partial charge in [-0.05, 0) is 79.0 Å². The first-order chi connectivity index (χ1) is 29.5. The van der Waals surface area contributed by atoms with Crippen LogP contribution in [-0.4, -0.2) is 115 Å². The second-order valence-electron chi connectivity index (χ2n) is 13.0. The SMILES string of the molecule is C.COCCNc1ccc(CCNc2nc(N)n3nc(-c4ccco4)nc3n2)cc1.CS(=O)(=O)c1nc(N)n2nc(-c3ccco3)nc2n1.NCCc1ccc(NCCO)cc1. The topological polar surface area (TPSA) is 316 Å². The first-order valence-corrected chi connectivity index (χ1v) is 20.7. The van der Waals surface area contributed by atoms with Crippen LogP contribution in [0.3, 0.4) is 0 Å². The Morgan fingerprint density at radius 3 is 1.73 bits per heavy atom. The molecule has 22 nitrogen and oxygen atoms in total. The number of hydrogen-bond donors (Lipinski definition) is 7. The van der Waals surface area contributed by atoms with Crippen molar-refractivity contribution < 1.29 is 27.1 Å². The smallest absolute Gasteiger partial charge is 0.259 e. The first-order valence-electron chi connectivity index (χ1n) is 18.8. The minimum absolute atomic E-state index is 0. The number of furan rings is 2. The Bertz CT molecular complexity index is 2690. The number of fused-ring (bicyclic) bond motifs is 2. The van der Waals surface area contributed by atoms with Crippen LogP contribution in [0, 0.1) is 0 Å². The predicted molar refractivity (Wildman–Crippen MR) is 235 cm³/mol. The van der Waals surface area contributed by atoms with Gasteiger partial charge < -0.3 is 51.8 Å². The largest absolute Gasteiger partial charge is 0.461 e. The maximum atomic E-state index is 11.4. The van der Waals surface area contributed by atoms with E-state index in [4.69, 9.17) is 35.9 Å². The highest BCUT2D eigenvalue weighted by Gasteiger charge is 2.18. The zero-order valence-electron chi connectivity index (χ0n) is 33.3. The van der Waals surface area contributed by atoms with Crippen LogP contribution in [0.4, 0.5) is 29.2 Å². The summed E-state index contributed by atoms with van der Waals surface area (Å²) in [5, 5.41) is 26.1. The number of sulfone groups is 1. The van der Waals surface area contributed by atoms with Crippen LogP contribution in [0.15, 0.2) is 99.3 Å². The van der Waals surface area contributed by atoms with E-state index in [0.717, 1.165) is 41.5 Å². The third-order valence-corrected chi connectivity index (χ3v) is 9.22. The van der Waals surface area contributed by atoms with Crippen LogP contribution in [0.2, 0.25) is 0 Å². The van der Waals surface area contributed by atoms with E-state index in [9.17, 15) is 8.42 Å². The van der Waals surface area contributed by atoms with Gasteiger partial charge in [-0.2, -0.15) is 38.9 Å². The van der Waals surface area contributed by atoms with Gasteiger partial charge in [0, 0.05) is 44.4 Å². The van der Waals surface area contributed by atoms with Crippen LogP contribution in [0.25, 0.3) is 34.7 Å². The summed E-state index contributed by atoms with van der Waals surface area (Å²) in [5.74, 6) is 2.52. The van der Waals surface area contributed by atoms with Gasteiger partial charge in [0.2, 0.25) is 39.3 Å². The van der Waals surface area contributed by atoms with E-state index >= 15 is 0 Å². The van der Waals surface area contributed by atoms with Crippen molar-refractivity contribution in [3.05, 3.63) is 96.4 Å². The summed E-state index contributed by atoms with van der Waals surface area (Å²) in [6, 6.07) is 23.3. The molecule has 8 rings (SSSR count). The molecule has 6 aromatic heterocycles. The van der Waals surface area contributed by atoms with Crippen molar-refractivity contribution >= 4 is 50.6 Å². The third kappa shape index (κ3) is 12.4. The van der Waals surface area contributed by atoms with Gasteiger partial charge in [0.1, 0.15) is 0 Å². The summed E-state index contributed by atoms with van der Waals surface area (Å²) in [6.45, 7) is 3.55. The average Bonchev–Trinajstić information content (AvgIpc) is 4.09. The zero-order valence-corrected chi connectivity index (χ0v) is 34.2. The third-order valence-electron chi connectivity index (χ3n) is 8.38. The van der Waals surface area contributed by atoms with Crippen LogP contribution in [0.5, 0.6) is 0 Å². The van der Waals surface area contributed by atoms with E-state index in [1.165, 1.54) is 21.9 Å². The summed E-state index contributed by atoms with van der Waals surface area (Å²) in [7, 11) is -1.88. The molecular weight excluding hydrogens is 821 g/mol. The van der Waals surface area contributed by atoms with Crippen LogP contribution in [0.1, 0.15) is 18.6 Å². The quantitative estimate of drug-likeness (QED) is 0.0686. The number of aliphatic hydroxyl groups is 1. The number of rotatable bonds is 16. The molecule has 0 radical (unpaired) electrons. The minimum Gasteiger partial charge on any atom is -0.461 e. The molecule has 0 saturated heterocycles. The Kier molecular flexibility index (Phi) is 16.2. The monoisotopic (exact) mass is 870 g/mol. The maximum absolute atomic E-state index is 11.4. The van der Waals surface area contributed by atoms with Crippen molar-refractivity contribution in [1.82, 2.24) is 49.1 Å². The number of methoxy groups -OCH3 is 1. The van der Waals surface area contributed by atoms with Crippen LogP contribution in [-0.2, 0) is 27.4 Å². The van der Waals surface area contributed by atoms with E-state index in [2.05, 4.69) is 80.3 Å². The van der Waals surface area contributed by atoms with Crippen molar-refractivity contribution in [3.8, 4) is 23.2 Å². The number of ether oxygens (including phenoxy) is 1. The van der Waals surface area contributed by atoms with Crippen molar-refractivity contribution in [3.63, 3.8) is 0 Å². The average molecular weight is 871 g/mol. The lowest BCUT2D eigenvalue weighted by atomic mass is 10.1. The summed E-state index contributed by atoms with van der Waals surface area (Å²) in [5.41, 5.74) is 21.6. The summed E-state index contributed by atoms with van der Waals surface area (Å²) in [6.07, 6.45) is 5.75. The zero-order chi connectivity index (χ0) is 43.2. The summed E-state index contributed by atoms with van der Waals surface area (Å²) >= 11 is 0. The van der Waals surface area contributed by atoms with E-state index < -0.39 is 15.0 Å². The van der Waals surface area contributed by atoms with Gasteiger partial charge in [0.05, 0.1) is 25.7 Å². The van der Waals surface area contributed by atoms with Crippen molar-refractivity contribution in [2.75, 3.05) is 80.2 Å². The number of aliphatic hydroxyl groups excluding tert-OH is 1. The molecule has 0 spiro atoms. The highest BCUT2D eigenvalue weighted by atomic mass is 32.2. The van der Waals surface area contributed by atoms with Gasteiger partial charge in [0.25, 0.3) is 16.7 Å². The molecule has 0 aliphatic rings. The highest BCUT2D eigenvalue weighted by Crippen LogP contribution is 2.19. The molecule has 0 aliphatic carbocycles. The molecule has 6 heterocycles. The highest BCUT2D eigenvalue weighted by molar-refractivity contribution is 7.90. The molecule has 0 aliphatic heterocycles. The molecule has 0 unspecified atom stereocenters. The number of benzene rings is 2. The number of nitrogens with one attached hydrogen (secondary N) is 3. The van der Waals surface area contributed by atoms with E-state index in [1.54, 1.807) is 37.6 Å². The molecule has 8 aromatic rings. The molecule has 62 heavy (non-hydrogen) atoms. The Hall–Kier alpha value is -7.21. The van der Waals surface area contributed by atoms with Gasteiger partial charge >= 0.3 is 0 Å². The Morgan fingerprint density at radius 2 is 1.23 bits per heavy atom. The Morgan fingerprint density at radius 1 is 0.694 bits per heavy atom. The molecule has 0 amide bonds. The van der Waals surface area contributed by atoms with E-state index in [-0.39, 0.29) is 37.5 Å². The summed E-state index contributed by atoms with van der Waals surface area (Å²) in [4.78, 5) is 24.5. The number of nitrogens with two attached hydrogens (primary N) is 3. The molecule has 0 atom stereocenters. The van der Waals surface area contributed by atoms with Gasteiger partial charge in [-0.15, -0.1) is 10.2 Å². The number of nitrogens with zero attached hydrogens (tertiary/aromatic N) is 10. The molecule has 0 saturated carbocycles. The van der Waals surface area contributed by atoms with Crippen molar-refractivity contribution in [2.45, 2.75) is 25.4 Å². The summed E-state index contributed by atoms with van der Waals surface area (Å²) < 4.78 is 40.8. The number of hydrogen-bond acceptors (Lipinski definition) is 20. The lowest BCUT2D eigenvalue weighted by Crippen LogP contribution is -2.12. The van der Waals surface area contributed by atoms with Crippen LogP contribution < -0.4 is 33.2 Å². The van der Waals surface area contributed by atoms with Gasteiger partial charge in [-0.1, -0.05) is 31.7 Å². The first kappa shape index (κ1) is 45.9. The van der Waals surface area contributed by atoms with E-state index in [0.29, 0.717) is 55.3 Å². The second kappa shape index (κ2) is 21.9. The Balaban J connectivity index is 0.000000190. The number of anilines is 5. The van der Waals surface area contributed by atoms with Gasteiger partial charge in [0.15, 0.2) is 11.5 Å². The predicted octanol–water partition coefficient (Wildman–Crippen LogP) is 3.07. The van der Waals surface area contributed by atoms with Gasteiger partial charge in [-0.3, -0.25) is 0 Å². The van der Waals surface area contributed by atoms with E-state index in [1.807, 2.05) is 24.3 Å². The molecule has 328 valence electrons. The fourth-order valence-corrected chi connectivity index (χ4v) is 5.92. The maximum Gasteiger partial charge on any atom is 0.259 e.